The molecule has 1 aromatic carbocycles. The number of hydrogen-bond donors (Lipinski definition) is 2. The number of nitrogens with zero attached hydrogens (tertiary/aromatic N) is 1. The molecule has 0 radical (unpaired) electrons. The Morgan fingerprint density at radius 3 is 3.00 bits per heavy atom. The minimum absolute atomic E-state index is 0.00499. The van der Waals surface area contributed by atoms with Crippen LogP contribution in [-0.4, -0.2) is 24.0 Å². The highest BCUT2D eigenvalue weighted by Gasteiger charge is 2.26. The van der Waals surface area contributed by atoms with Crippen molar-refractivity contribution in [2.45, 2.75) is 38.6 Å². The molecule has 1 heterocycles. The SMILES string of the molecule is COc1ccc(C)cc1-c1csc(NC(=O)C2CCCC(N)C2)n1. The lowest BCUT2D eigenvalue weighted by atomic mass is 9.86. The molecule has 0 bridgehead atoms. The zero-order valence-electron chi connectivity index (χ0n) is 14.0. The summed E-state index contributed by atoms with van der Waals surface area (Å²) in [5.74, 6) is 0.805. The molecule has 1 aliphatic carbocycles. The van der Waals surface area contributed by atoms with Gasteiger partial charge in [0.05, 0.1) is 12.8 Å². The van der Waals surface area contributed by atoms with E-state index in [2.05, 4.69) is 10.3 Å². The maximum absolute atomic E-state index is 12.4. The molecule has 5 nitrogen and oxygen atoms in total. The monoisotopic (exact) mass is 345 g/mol. The minimum atomic E-state index is -0.00499. The molecule has 3 N–H and O–H groups in total. The molecule has 128 valence electrons. The van der Waals surface area contributed by atoms with E-state index in [0.717, 1.165) is 48.3 Å². The second-order valence-electron chi connectivity index (χ2n) is 6.35. The van der Waals surface area contributed by atoms with E-state index in [1.165, 1.54) is 11.3 Å². The number of carbonyl (C=O) groups is 1. The van der Waals surface area contributed by atoms with Crippen molar-refractivity contribution in [3.63, 3.8) is 0 Å². The van der Waals surface area contributed by atoms with Crippen LogP contribution in [0.4, 0.5) is 5.13 Å². The van der Waals surface area contributed by atoms with Gasteiger partial charge in [0.2, 0.25) is 5.91 Å². The van der Waals surface area contributed by atoms with Gasteiger partial charge in [-0.1, -0.05) is 18.1 Å². The number of aromatic nitrogens is 1. The van der Waals surface area contributed by atoms with Gasteiger partial charge < -0.3 is 15.8 Å². The van der Waals surface area contributed by atoms with Crippen LogP contribution in [0, 0.1) is 12.8 Å². The number of hydrogen-bond acceptors (Lipinski definition) is 5. The molecular formula is C18H23N3O2S. The van der Waals surface area contributed by atoms with Crippen LogP contribution in [0.1, 0.15) is 31.2 Å². The number of carbonyl (C=O) groups excluding carboxylic acids is 1. The van der Waals surface area contributed by atoms with E-state index < -0.39 is 0 Å². The summed E-state index contributed by atoms with van der Waals surface area (Å²) >= 11 is 1.43. The van der Waals surface area contributed by atoms with Crippen molar-refractivity contribution in [3.05, 3.63) is 29.1 Å². The summed E-state index contributed by atoms with van der Waals surface area (Å²) in [5, 5.41) is 5.51. The Morgan fingerprint density at radius 1 is 1.42 bits per heavy atom. The number of rotatable bonds is 4. The van der Waals surface area contributed by atoms with Gasteiger partial charge in [0.1, 0.15) is 5.75 Å². The molecule has 6 heteroatoms. The number of nitrogens with one attached hydrogen (secondary N) is 1. The van der Waals surface area contributed by atoms with Gasteiger partial charge in [-0.15, -0.1) is 11.3 Å². The van der Waals surface area contributed by atoms with Gasteiger partial charge in [0, 0.05) is 22.9 Å². The first kappa shape index (κ1) is 16.9. The summed E-state index contributed by atoms with van der Waals surface area (Å²) in [7, 11) is 1.65. The third kappa shape index (κ3) is 3.76. The van der Waals surface area contributed by atoms with Crippen LogP contribution in [0.15, 0.2) is 23.6 Å². The van der Waals surface area contributed by atoms with Gasteiger partial charge in [-0.05, 0) is 38.3 Å². The topological polar surface area (TPSA) is 77.2 Å². The number of aryl methyl sites for hydroxylation is 1. The molecule has 1 amide bonds. The molecule has 1 aliphatic rings. The molecule has 2 unspecified atom stereocenters. The fourth-order valence-corrected chi connectivity index (χ4v) is 3.86. The zero-order chi connectivity index (χ0) is 17.1. The summed E-state index contributed by atoms with van der Waals surface area (Å²) in [6.45, 7) is 2.03. The lowest BCUT2D eigenvalue weighted by molar-refractivity contribution is -0.120. The predicted octanol–water partition coefficient (Wildman–Crippen LogP) is 3.58. The average Bonchev–Trinajstić information content (AvgIpc) is 3.03. The van der Waals surface area contributed by atoms with E-state index in [1.807, 2.05) is 30.5 Å². The van der Waals surface area contributed by atoms with E-state index in [1.54, 1.807) is 7.11 Å². The summed E-state index contributed by atoms with van der Waals surface area (Å²) in [6.07, 6.45) is 3.69. The smallest absolute Gasteiger partial charge is 0.229 e. The van der Waals surface area contributed by atoms with Gasteiger partial charge in [-0.25, -0.2) is 4.98 Å². The quantitative estimate of drug-likeness (QED) is 0.888. The molecule has 1 saturated carbocycles. The third-order valence-corrected chi connectivity index (χ3v) is 5.21. The Labute approximate surface area is 146 Å². The first-order valence-corrected chi connectivity index (χ1v) is 9.11. The first-order valence-electron chi connectivity index (χ1n) is 8.24. The van der Waals surface area contributed by atoms with E-state index >= 15 is 0 Å². The molecule has 2 atom stereocenters. The van der Waals surface area contributed by atoms with Crippen molar-refractivity contribution in [1.29, 1.82) is 0 Å². The van der Waals surface area contributed by atoms with Gasteiger partial charge in [-0.3, -0.25) is 4.79 Å². The lowest BCUT2D eigenvalue weighted by Gasteiger charge is -2.25. The molecule has 24 heavy (non-hydrogen) atoms. The molecule has 1 aromatic heterocycles. The van der Waals surface area contributed by atoms with Crippen LogP contribution in [0.3, 0.4) is 0 Å². The molecule has 1 fully saturated rings. The van der Waals surface area contributed by atoms with E-state index in [4.69, 9.17) is 10.5 Å². The maximum atomic E-state index is 12.4. The summed E-state index contributed by atoms with van der Waals surface area (Å²) in [6, 6.07) is 6.12. The van der Waals surface area contributed by atoms with Crippen molar-refractivity contribution in [2.75, 3.05) is 12.4 Å². The molecule has 0 saturated heterocycles. The highest BCUT2D eigenvalue weighted by atomic mass is 32.1. The minimum Gasteiger partial charge on any atom is -0.496 e. The maximum Gasteiger partial charge on any atom is 0.229 e. The molecule has 0 spiro atoms. The zero-order valence-corrected chi connectivity index (χ0v) is 14.9. The van der Waals surface area contributed by atoms with Crippen molar-refractivity contribution in [3.8, 4) is 17.0 Å². The van der Waals surface area contributed by atoms with Gasteiger partial charge in [0.15, 0.2) is 5.13 Å². The number of nitrogens with two attached hydrogens (primary N) is 1. The second-order valence-corrected chi connectivity index (χ2v) is 7.21. The Balaban J connectivity index is 1.74. The fraction of sp³-hybridized carbons (Fsp3) is 0.444. The average molecular weight is 345 g/mol. The number of ether oxygens (including phenoxy) is 1. The fourth-order valence-electron chi connectivity index (χ4n) is 3.15. The van der Waals surface area contributed by atoms with Crippen LogP contribution in [0.25, 0.3) is 11.3 Å². The number of anilines is 1. The number of amides is 1. The molecule has 2 aromatic rings. The predicted molar refractivity (Wildman–Crippen MR) is 97.4 cm³/mol. The Morgan fingerprint density at radius 2 is 2.25 bits per heavy atom. The first-order chi connectivity index (χ1) is 11.6. The van der Waals surface area contributed by atoms with Gasteiger partial charge in [0.25, 0.3) is 0 Å². The van der Waals surface area contributed by atoms with E-state index in [-0.39, 0.29) is 17.9 Å². The normalized spacial score (nSPS) is 20.6. The highest BCUT2D eigenvalue weighted by Crippen LogP contribution is 2.33. The molecular weight excluding hydrogens is 322 g/mol. The largest absolute Gasteiger partial charge is 0.496 e. The number of methoxy groups -OCH3 is 1. The van der Waals surface area contributed by atoms with Crippen LogP contribution < -0.4 is 15.8 Å². The Bertz CT molecular complexity index is 729. The van der Waals surface area contributed by atoms with Crippen molar-refractivity contribution in [1.82, 2.24) is 4.98 Å². The standard InChI is InChI=1S/C18H23N3O2S/c1-11-6-7-16(23-2)14(8-11)15-10-24-18(20-15)21-17(22)12-4-3-5-13(19)9-12/h6-8,10,12-13H,3-5,9,19H2,1-2H3,(H,20,21,22). The molecule has 0 aliphatic heterocycles. The Kier molecular flexibility index (Phi) is 5.16. The van der Waals surface area contributed by atoms with Crippen LogP contribution in [0.2, 0.25) is 0 Å². The molecule has 3 rings (SSSR count). The van der Waals surface area contributed by atoms with Gasteiger partial charge >= 0.3 is 0 Å². The highest BCUT2D eigenvalue weighted by molar-refractivity contribution is 7.14. The lowest BCUT2D eigenvalue weighted by Crippen LogP contribution is -2.34. The van der Waals surface area contributed by atoms with Crippen molar-refractivity contribution < 1.29 is 9.53 Å². The van der Waals surface area contributed by atoms with Crippen molar-refractivity contribution in [2.24, 2.45) is 11.7 Å². The van der Waals surface area contributed by atoms with E-state index in [0.29, 0.717) is 5.13 Å². The van der Waals surface area contributed by atoms with Crippen molar-refractivity contribution >= 4 is 22.4 Å². The number of thiazole rings is 1. The van der Waals surface area contributed by atoms with Crippen LogP contribution >= 0.6 is 11.3 Å². The summed E-state index contributed by atoms with van der Waals surface area (Å²) in [5.41, 5.74) is 8.87. The third-order valence-electron chi connectivity index (χ3n) is 4.45. The number of benzene rings is 1. The van der Waals surface area contributed by atoms with E-state index in [9.17, 15) is 4.79 Å². The summed E-state index contributed by atoms with van der Waals surface area (Å²) in [4.78, 5) is 17.0. The van der Waals surface area contributed by atoms with Crippen LogP contribution in [-0.2, 0) is 4.79 Å². The van der Waals surface area contributed by atoms with Crippen LogP contribution in [0.5, 0.6) is 5.75 Å². The second kappa shape index (κ2) is 7.32. The Hall–Kier alpha value is -1.92. The summed E-state index contributed by atoms with van der Waals surface area (Å²) < 4.78 is 5.42. The van der Waals surface area contributed by atoms with Gasteiger partial charge in [-0.2, -0.15) is 0 Å².